The first-order valence-corrected chi connectivity index (χ1v) is 7.59. The fourth-order valence-corrected chi connectivity index (χ4v) is 3.72. The van der Waals surface area contributed by atoms with E-state index in [4.69, 9.17) is 5.73 Å². The van der Waals surface area contributed by atoms with Crippen LogP contribution in [0.3, 0.4) is 0 Å². The summed E-state index contributed by atoms with van der Waals surface area (Å²) in [5, 5.41) is 5.15. The SMILES string of the molecule is C[C@@H](N)C(=O)NCC1(c2cccs2)CCCCC1. The van der Waals surface area contributed by atoms with E-state index in [0.717, 1.165) is 6.54 Å². The fraction of sp³-hybridized carbons (Fsp3) is 0.643. The molecule has 1 aromatic heterocycles. The third-order valence-electron chi connectivity index (χ3n) is 3.87. The molecule has 1 amide bonds. The average Bonchev–Trinajstić information content (AvgIpc) is 2.91. The van der Waals surface area contributed by atoms with Gasteiger partial charge in [0.25, 0.3) is 0 Å². The molecule has 3 N–H and O–H groups in total. The first kappa shape index (κ1) is 13.6. The standard InChI is InChI=1S/C14H22N2OS/c1-11(15)13(17)16-10-14(7-3-2-4-8-14)12-6-5-9-18-12/h5-6,9,11H,2-4,7-8,10,15H2,1H3,(H,16,17)/t11-/m1/s1. The molecule has 100 valence electrons. The van der Waals surface area contributed by atoms with Crippen molar-refractivity contribution in [3.05, 3.63) is 22.4 Å². The highest BCUT2D eigenvalue weighted by atomic mass is 32.1. The Bertz CT molecular complexity index is 381. The number of carbonyl (C=O) groups excluding carboxylic acids is 1. The van der Waals surface area contributed by atoms with Gasteiger partial charge in [-0.15, -0.1) is 11.3 Å². The summed E-state index contributed by atoms with van der Waals surface area (Å²) in [5.74, 6) is -0.0449. The highest BCUT2D eigenvalue weighted by Crippen LogP contribution is 2.41. The maximum atomic E-state index is 11.7. The molecule has 1 aliphatic rings. The zero-order chi connectivity index (χ0) is 13.0. The molecule has 0 bridgehead atoms. The van der Waals surface area contributed by atoms with Crippen molar-refractivity contribution >= 4 is 17.2 Å². The van der Waals surface area contributed by atoms with Gasteiger partial charge >= 0.3 is 0 Å². The molecule has 18 heavy (non-hydrogen) atoms. The van der Waals surface area contributed by atoms with E-state index in [0.29, 0.717) is 0 Å². The number of carbonyl (C=O) groups is 1. The topological polar surface area (TPSA) is 55.1 Å². The van der Waals surface area contributed by atoms with Gasteiger partial charge in [-0.1, -0.05) is 25.3 Å². The third kappa shape index (κ3) is 2.93. The molecule has 3 nitrogen and oxygen atoms in total. The fourth-order valence-electron chi connectivity index (χ4n) is 2.74. The molecular formula is C14H22N2OS. The minimum absolute atomic E-state index is 0.0449. The molecule has 1 aliphatic carbocycles. The monoisotopic (exact) mass is 266 g/mol. The first-order valence-electron chi connectivity index (χ1n) is 6.71. The van der Waals surface area contributed by atoms with Crippen molar-refractivity contribution in [2.75, 3.05) is 6.54 Å². The number of amides is 1. The van der Waals surface area contributed by atoms with Gasteiger partial charge in [0.15, 0.2) is 0 Å². The summed E-state index contributed by atoms with van der Waals surface area (Å²) in [6.45, 7) is 2.46. The Morgan fingerprint density at radius 2 is 2.22 bits per heavy atom. The van der Waals surface area contributed by atoms with Gasteiger partial charge in [0.05, 0.1) is 6.04 Å². The van der Waals surface area contributed by atoms with Gasteiger partial charge in [-0.05, 0) is 31.2 Å². The molecule has 1 aromatic rings. The second-order valence-corrected chi connectivity index (χ2v) is 6.27. The molecule has 4 heteroatoms. The maximum absolute atomic E-state index is 11.7. The molecule has 0 spiro atoms. The van der Waals surface area contributed by atoms with E-state index in [9.17, 15) is 4.79 Å². The second-order valence-electron chi connectivity index (χ2n) is 5.32. The Labute approximate surface area is 113 Å². The molecule has 0 unspecified atom stereocenters. The Hall–Kier alpha value is -0.870. The van der Waals surface area contributed by atoms with Gasteiger partial charge in [0.1, 0.15) is 0 Å². The first-order chi connectivity index (χ1) is 8.64. The lowest BCUT2D eigenvalue weighted by Gasteiger charge is -2.37. The maximum Gasteiger partial charge on any atom is 0.236 e. The number of thiophene rings is 1. The van der Waals surface area contributed by atoms with E-state index in [1.165, 1.54) is 37.0 Å². The lowest BCUT2D eigenvalue weighted by Crippen LogP contribution is -2.46. The van der Waals surface area contributed by atoms with Crippen LogP contribution in [-0.4, -0.2) is 18.5 Å². The summed E-state index contributed by atoms with van der Waals surface area (Å²) in [5.41, 5.74) is 5.75. The lowest BCUT2D eigenvalue weighted by atomic mass is 9.73. The highest BCUT2D eigenvalue weighted by Gasteiger charge is 2.35. The summed E-state index contributed by atoms with van der Waals surface area (Å²) >= 11 is 1.81. The molecule has 0 radical (unpaired) electrons. The van der Waals surface area contributed by atoms with Gasteiger partial charge in [0, 0.05) is 16.8 Å². The molecule has 1 heterocycles. The number of nitrogens with two attached hydrogens (primary N) is 1. The van der Waals surface area contributed by atoms with Crippen LogP contribution in [0, 0.1) is 0 Å². The van der Waals surface area contributed by atoms with Crippen LogP contribution in [0.1, 0.15) is 43.9 Å². The number of hydrogen-bond donors (Lipinski definition) is 2. The van der Waals surface area contributed by atoms with Crippen molar-refractivity contribution in [2.45, 2.75) is 50.5 Å². The predicted molar refractivity (Wildman–Crippen MR) is 75.7 cm³/mol. The molecule has 2 rings (SSSR count). The van der Waals surface area contributed by atoms with Crippen LogP contribution in [-0.2, 0) is 10.2 Å². The molecular weight excluding hydrogens is 244 g/mol. The number of nitrogens with one attached hydrogen (secondary N) is 1. The summed E-state index contributed by atoms with van der Waals surface area (Å²) in [6, 6.07) is 3.88. The van der Waals surface area contributed by atoms with E-state index in [-0.39, 0.29) is 11.3 Å². The summed E-state index contributed by atoms with van der Waals surface area (Å²) in [4.78, 5) is 13.1. The zero-order valence-electron chi connectivity index (χ0n) is 10.9. The van der Waals surface area contributed by atoms with E-state index in [1.54, 1.807) is 18.3 Å². The van der Waals surface area contributed by atoms with Crippen molar-refractivity contribution < 1.29 is 4.79 Å². The Morgan fingerprint density at radius 1 is 1.50 bits per heavy atom. The molecule has 1 fully saturated rings. The second kappa shape index (κ2) is 5.85. The van der Waals surface area contributed by atoms with Crippen molar-refractivity contribution in [2.24, 2.45) is 5.73 Å². The van der Waals surface area contributed by atoms with E-state index >= 15 is 0 Å². The van der Waals surface area contributed by atoms with Gasteiger partial charge in [-0.2, -0.15) is 0 Å². The highest BCUT2D eigenvalue weighted by molar-refractivity contribution is 7.10. The Morgan fingerprint density at radius 3 is 2.78 bits per heavy atom. The molecule has 0 saturated heterocycles. The minimum Gasteiger partial charge on any atom is -0.354 e. The van der Waals surface area contributed by atoms with Crippen molar-refractivity contribution in [1.82, 2.24) is 5.32 Å². The Balaban J connectivity index is 2.08. The van der Waals surface area contributed by atoms with Gasteiger partial charge in [-0.3, -0.25) is 4.79 Å². The van der Waals surface area contributed by atoms with Crippen LogP contribution < -0.4 is 11.1 Å². The van der Waals surface area contributed by atoms with Crippen LogP contribution in [0.25, 0.3) is 0 Å². The van der Waals surface area contributed by atoms with E-state index < -0.39 is 6.04 Å². The number of rotatable bonds is 4. The van der Waals surface area contributed by atoms with Crippen molar-refractivity contribution in [3.63, 3.8) is 0 Å². The summed E-state index contributed by atoms with van der Waals surface area (Å²) < 4.78 is 0. The quantitative estimate of drug-likeness (QED) is 0.879. The van der Waals surface area contributed by atoms with Gasteiger partial charge < -0.3 is 11.1 Å². The van der Waals surface area contributed by atoms with E-state index in [2.05, 4.69) is 22.8 Å². The van der Waals surface area contributed by atoms with Crippen molar-refractivity contribution in [1.29, 1.82) is 0 Å². The normalized spacial score (nSPS) is 20.3. The molecule has 1 atom stereocenters. The predicted octanol–water partition coefficient (Wildman–Crippen LogP) is 2.41. The molecule has 0 aliphatic heterocycles. The zero-order valence-corrected chi connectivity index (χ0v) is 11.8. The third-order valence-corrected chi connectivity index (χ3v) is 4.99. The van der Waals surface area contributed by atoms with Gasteiger partial charge in [-0.25, -0.2) is 0 Å². The van der Waals surface area contributed by atoms with Crippen molar-refractivity contribution in [3.8, 4) is 0 Å². The van der Waals surface area contributed by atoms with Crippen LogP contribution in [0.5, 0.6) is 0 Å². The average molecular weight is 266 g/mol. The largest absolute Gasteiger partial charge is 0.354 e. The molecule has 0 aromatic carbocycles. The molecule has 1 saturated carbocycles. The van der Waals surface area contributed by atoms with E-state index in [1.807, 2.05) is 0 Å². The lowest BCUT2D eigenvalue weighted by molar-refractivity contribution is -0.122. The van der Waals surface area contributed by atoms with Crippen LogP contribution in [0.2, 0.25) is 0 Å². The number of hydrogen-bond acceptors (Lipinski definition) is 3. The van der Waals surface area contributed by atoms with Crippen LogP contribution in [0.15, 0.2) is 17.5 Å². The van der Waals surface area contributed by atoms with Crippen LogP contribution in [0.4, 0.5) is 0 Å². The van der Waals surface area contributed by atoms with Gasteiger partial charge in [0.2, 0.25) is 5.91 Å². The summed E-state index contributed by atoms with van der Waals surface area (Å²) in [7, 11) is 0. The Kier molecular flexibility index (Phi) is 4.40. The minimum atomic E-state index is -0.422. The smallest absolute Gasteiger partial charge is 0.236 e. The summed E-state index contributed by atoms with van der Waals surface area (Å²) in [6.07, 6.45) is 6.17. The van der Waals surface area contributed by atoms with Crippen LogP contribution >= 0.6 is 11.3 Å².